The predicted octanol–water partition coefficient (Wildman–Crippen LogP) is 3.16. The molecule has 0 bridgehead atoms. The zero-order valence-corrected chi connectivity index (χ0v) is 15.6. The first-order valence-electron chi connectivity index (χ1n) is 9.13. The molecule has 2 heterocycles. The molecule has 1 saturated heterocycles. The molecule has 1 aromatic carbocycles. The molecule has 5 nitrogen and oxygen atoms in total. The van der Waals surface area contributed by atoms with Crippen LogP contribution < -0.4 is 0 Å². The van der Waals surface area contributed by atoms with Crippen LogP contribution in [0.2, 0.25) is 0 Å². The molecular weight excluding hydrogens is 312 g/mol. The largest absolute Gasteiger partial charge is 0.328 e. The first kappa shape index (κ1) is 17.7. The molecule has 1 atom stereocenters. The maximum atomic E-state index is 13.4. The Morgan fingerprint density at radius 2 is 1.96 bits per heavy atom. The Bertz CT molecular complexity index is 723. The molecular formula is C20H28N4O. The van der Waals surface area contributed by atoms with Crippen molar-refractivity contribution < 1.29 is 4.79 Å². The molecule has 5 heteroatoms. The second kappa shape index (κ2) is 7.40. The molecule has 0 saturated carbocycles. The van der Waals surface area contributed by atoms with Gasteiger partial charge in [0, 0.05) is 26.2 Å². The highest BCUT2D eigenvalue weighted by Crippen LogP contribution is 2.27. The average molecular weight is 340 g/mol. The second-order valence-electron chi connectivity index (χ2n) is 7.11. The van der Waals surface area contributed by atoms with Crippen LogP contribution >= 0.6 is 0 Å². The van der Waals surface area contributed by atoms with Crippen LogP contribution in [-0.2, 0) is 6.54 Å². The van der Waals surface area contributed by atoms with Crippen molar-refractivity contribution in [2.45, 2.75) is 39.3 Å². The molecule has 25 heavy (non-hydrogen) atoms. The number of likely N-dealkylation sites (N-methyl/N-ethyl adjacent to an activating group) is 1. The smallest absolute Gasteiger partial charge is 0.272 e. The number of aryl methyl sites for hydroxylation is 1. The molecule has 1 fully saturated rings. The highest BCUT2D eigenvalue weighted by Gasteiger charge is 2.32. The van der Waals surface area contributed by atoms with E-state index in [1.165, 1.54) is 5.56 Å². The summed E-state index contributed by atoms with van der Waals surface area (Å²) in [6.45, 7) is 9.45. The monoisotopic (exact) mass is 340 g/mol. The van der Waals surface area contributed by atoms with Gasteiger partial charge in [-0.15, -0.1) is 0 Å². The predicted molar refractivity (Wildman–Crippen MR) is 99.7 cm³/mol. The summed E-state index contributed by atoms with van der Waals surface area (Å²) in [7, 11) is 2.12. The average Bonchev–Trinajstić information content (AvgIpc) is 3.06. The highest BCUT2D eigenvalue weighted by molar-refractivity contribution is 5.93. The summed E-state index contributed by atoms with van der Waals surface area (Å²) in [5.74, 6) is 0.403. The fraction of sp³-hybridized carbons (Fsp3) is 0.500. The number of hydrogen-bond donors (Lipinski definition) is 0. The van der Waals surface area contributed by atoms with Gasteiger partial charge in [0.25, 0.3) is 5.91 Å². The van der Waals surface area contributed by atoms with E-state index in [-0.39, 0.29) is 11.9 Å². The molecule has 1 aliphatic rings. The summed E-state index contributed by atoms with van der Waals surface area (Å²) < 4.78 is 1.85. The third-order valence-corrected chi connectivity index (χ3v) is 4.94. The van der Waals surface area contributed by atoms with E-state index in [4.69, 9.17) is 0 Å². The normalized spacial score (nSPS) is 18.8. The van der Waals surface area contributed by atoms with E-state index in [9.17, 15) is 4.79 Å². The maximum absolute atomic E-state index is 13.4. The maximum Gasteiger partial charge on any atom is 0.272 e. The number of hydrogen-bond acceptors (Lipinski definition) is 3. The van der Waals surface area contributed by atoms with E-state index < -0.39 is 0 Å². The number of piperazine rings is 1. The van der Waals surface area contributed by atoms with Gasteiger partial charge in [-0.05, 0) is 31.5 Å². The first-order chi connectivity index (χ1) is 12.0. The lowest BCUT2D eigenvalue weighted by molar-refractivity contribution is 0.0486. The van der Waals surface area contributed by atoms with E-state index in [1.807, 2.05) is 40.8 Å². The summed E-state index contributed by atoms with van der Waals surface area (Å²) in [4.78, 5) is 17.7. The molecule has 1 aliphatic heterocycles. The van der Waals surface area contributed by atoms with Crippen molar-refractivity contribution in [2.24, 2.45) is 0 Å². The van der Waals surface area contributed by atoms with Gasteiger partial charge in [0.15, 0.2) is 0 Å². The Kier molecular flexibility index (Phi) is 5.23. The van der Waals surface area contributed by atoms with Crippen LogP contribution in [0.1, 0.15) is 54.5 Å². The van der Waals surface area contributed by atoms with Crippen LogP contribution in [-0.4, -0.2) is 52.2 Å². The molecule has 0 radical (unpaired) electrons. The molecule has 0 N–H and O–H groups in total. The van der Waals surface area contributed by atoms with Crippen molar-refractivity contribution >= 4 is 5.91 Å². The van der Waals surface area contributed by atoms with Gasteiger partial charge >= 0.3 is 0 Å². The Balaban J connectivity index is 1.94. The van der Waals surface area contributed by atoms with E-state index in [2.05, 4.69) is 43.0 Å². The van der Waals surface area contributed by atoms with E-state index in [1.54, 1.807) is 0 Å². The summed E-state index contributed by atoms with van der Waals surface area (Å²) in [5, 5.41) is 4.62. The van der Waals surface area contributed by atoms with Gasteiger partial charge in [-0.1, -0.05) is 44.2 Å². The lowest BCUT2D eigenvalue weighted by atomic mass is 10.0. The van der Waals surface area contributed by atoms with Crippen LogP contribution in [0.15, 0.2) is 36.4 Å². The minimum absolute atomic E-state index is 0.0788. The summed E-state index contributed by atoms with van der Waals surface area (Å²) in [5.41, 5.74) is 2.88. The SMILES string of the molecule is CCn1nc(C(C)C)cc1C(=O)N1CCN(C)C[C@H]1c1ccccc1. The molecule has 2 aromatic rings. The molecule has 1 amide bonds. The standard InChI is InChI=1S/C20H28N4O/c1-5-24-18(13-17(21-24)15(2)3)20(25)23-12-11-22(4)14-19(23)16-9-7-6-8-10-16/h6-10,13,15,19H,5,11-12,14H2,1-4H3/t19-/m0/s1. The quantitative estimate of drug-likeness (QED) is 0.858. The van der Waals surface area contributed by atoms with Crippen LogP contribution in [0.5, 0.6) is 0 Å². The minimum Gasteiger partial charge on any atom is -0.328 e. The zero-order chi connectivity index (χ0) is 18.0. The van der Waals surface area contributed by atoms with Gasteiger partial charge in [-0.2, -0.15) is 5.10 Å². The fourth-order valence-electron chi connectivity index (χ4n) is 3.40. The third-order valence-electron chi connectivity index (χ3n) is 4.94. The zero-order valence-electron chi connectivity index (χ0n) is 15.6. The van der Waals surface area contributed by atoms with Gasteiger partial charge in [0.05, 0.1) is 11.7 Å². The number of benzene rings is 1. The van der Waals surface area contributed by atoms with Crippen molar-refractivity contribution in [1.29, 1.82) is 0 Å². The second-order valence-corrected chi connectivity index (χ2v) is 7.11. The lowest BCUT2D eigenvalue weighted by Crippen LogP contribution is -2.49. The van der Waals surface area contributed by atoms with Crippen LogP contribution in [0.25, 0.3) is 0 Å². The Labute approximate surface area is 150 Å². The number of rotatable bonds is 4. The Hall–Kier alpha value is -2.14. The number of amides is 1. The Morgan fingerprint density at radius 3 is 2.60 bits per heavy atom. The molecule has 3 rings (SSSR count). The van der Waals surface area contributed by atoms with Crippen molar-refractivity contribution in [3.63, 3.8) is 0 Å². The number of carbonyl (C=O) groups excluding carboxylic acids is 1. The number of nitrogens with zero attached hydrogens (tertiary/aromatic N) is 4. The van der Waals surface area contributed by atoms with Gasteiger partial charge in [-0.3, -0.25) is 9.48 Å². The Morgan fingerprint density at radius 1 is 1.24 bits per heavy atom. The first-order valence-corrected chi connectivity index (χ1v) is 9.13. The molecule has 0 spiro atoms. The summed E-state index contributed by atoms with van der Waals surface area (Å²) in [6, 6.07) is 12.4. The topological polar surface area (TPSA) is 41.4 Å². The summed E-state index contributed by atoms with van der Waals surface area (Å²) in [6.07, 6.45) is 0. The van der Waals surface area contributed by atoms with Crippen LogP contribution in [0, 0.1) is 0 Å². The number of carbonyl (C=O) groups is 1. The van der Waals surface area contributed by atoms with Gasteiger partial charge in [0.1, 0.15) is 5.69 Å². The van der Waals surface area contributed by atoms with Gasteiger partial charge in [-0.25, -0.2) is 0 Å². The number of aromatic nitrogens is 2. The molecule has 134 valence electrons. The van der Waals surface area contributed by atoms with Gasteiger partial charge in [0.2, 0.25) is 0 Å². The molecule has 1 aromatic heterocycles. The molecule has 0 aliphatic carbocycles. The molecule has 0 unspecified atom stereocenters. The van der Waals surface area contributed by atoms with Gasteiger partial charge < -0.3 is 9.80 Å². The van der Waals surface area contributed by atoms with Crippen molar-refractivity contribution in [2.75, 3.05) is 26.7 Å². The summed E-state index contributed by atoms with van der Waals surface area (Å²) >= 11 is 0. The van der Waals surface area contributed by atoms with Crippen molar-refractivity contribution in [3.8, 4) is 0 Å². The van der Waals surface area contributed by atoms with Crippen molar-refractivity contribution in [1.82, 2.24) is 19.6 Å². The highest BCUT2D eigenvalue weighted by atomic mass is 16.2. The van der Waals surface area contributed by atoms with E-state index >= 15 is 0 Å². The minimum atomic E-state index is 0.0788. The van der Waals surface area contributed by atoms with E-state index in [0.29, 0.717) is 18.2 Å². The van der Waals surface area contributed by atoms with Crippen LogP contribution in [0.4, 0.5) is 0 Å². The van der Waals surface area contributed by atoms with E-state index in [0.717, 1.165) is 25.3 Å². The van der Waals surface area contributed by atoms with Crippen molar-refractivity contribution in [3.05, 3.63) is 53.3 Å². The lowest BCUT2D eigenvalue weighted by Gasteiger charge is -2.40. The fourth-order valence-corrected chi connectivity index (χ4v) is 3.40. The van der Waals surface area contributed by atoms with Crippen LogP contribution in [0.3, 0.4) is 0 Å². The third kappa shape index (κ3) is 3.61.